The highest BCUT2D eigenvalue weighted by molar-refractivity contribution is 5.81. The number of carbonyl (C=O) groups excluding carboxylic acids is 1. The van der Waals surface area contributed by atoms with Gasteiger partial charge in [-0.3, -0.25) is 4.79 Å². The third-order valence-electron chi connectivity index (χ3n) is 3.99. The molecule has 0 saturated carbocycles. The van der Waals surface area contributed by atoms with Crippen LogP contribution in [0.3, 0.4) is 0 Å². The van der Waals surface area contributed by atoms with Gasteiger partial charge < -0.3 is 10.1 Å². The molecule has 4 heteroatoms. The number of aryl methyl sites for hydroxylation is 2. The number of rotatable bonds is 6. The predicted octanol–water partition coefficient (Wildman–Crippen LogP) is 4.48. The van der Waals surface area contributed by atoms with Gasteiger partial charge >= 0.3 is 0 Å². The Morgan fingerprint density at radius 3 is 2.42 bits per heavy atom. The van der Waals surface area contributed by atoms with Gasteiger partial charge in [0.1, 0.15) is 11.6 Å². The number of amides is 1. The van der Waals surface area contributed by atoms with Gasteiger partial charge in [-0.15, -0.1) is 0 Å². The zero-order valence-corrected chi connectivity index (χ0v) is 14.6. The first-order chi connectivity index (χ1) is 11.4. The van der Waals surface area contributed by atoms with Crippen molar-refractivity contribution in [1.82, 2.24) is 5.32 Å². The van der Waals surface area contributed by atoms with E-state index < -0.39 is 6.10 Å². The number of benzene rings is 2. The fraction of sp³-hybridized carbons (Fsp3) is 0.350. The van der Waals surface area contributed by atoms with Crippen LogP contribution in [0.15, 0.2) is 42.5 Å². The molecule has 0 unspecified atom stereocenters. The van der Waals surface area contributed by atoms with Crippen LogP contribution in [0.5, 0.6) is 5.75 Å². The van der Waals surface area contributed by atoms with Gasteiger partial charge in [0.15, 0.2) is 6.10 Å². The van der Waals surface area contributed by atoms with E-state index >= 15 is 0 Å². The number of nitrogens with one attached hydrogen (secondary N) is 1. The normalized spacial score (nSPS) is 13.2. The summed E-state index contributed by atoms with van der Waals surface area (Å²) in [5, 5.41) is 2.93. The molecule has 24 heavy (non-hydrogen) atoms. The van der Waals surface area contributed by atoms with Crippen LogP contribution in [0, 0.1) is 19.7 Å². The maximum absolute atomic E-state index is 13.0. The lowest BCUT2D eigenvalue weighted by atomic mass is 10.1. The molecule has 2 aromatic carbocycles. The molecule has 3 nitrogen and oxygen atoms in total. The van der Waals surface area contributed by atoms with Crippen LogP contribution in [0.2, 0.25) is 0 Å². The maximum atomic E-state index is 13.0. The molecule has 0 saturated heterocycles. The Hall–Kier alpha value is -2.36. The third-order valence-corrected chi connectivity index (χ3v) is 3.99. The fourth-order valence-corrected chi connectivity index (χ4v) is 2.55. The Labute approximate surface area is 142 Å². The number of halogens is 1. The van der Waals surface area contributed by atoms with Crippen molar-refractivity contribution in [2.75, 3.05) is 0 Å². The topological polar surface area (TPSA) is 38.3 Å². The van der Waals surface area contributed by atoms with Gasteiger partial charge in [-0.05, 0) is 56.5 Å². The summed E-state index contributed by atoms with van der Waals surface area (Å²) in [5.41, 5.74) is 3.02. The van der Waals surface area contributed by atoms with E-state index in [9.17, 15) is 9.18 Å². The highest BCUT2D eigenvalue weighted by Crippen LogP contribution is 2.21. The monoisotopic (exact) mass is 329 g/mol. The molecule has 0 spiro atoms. The number of ether oxygens (including phenoxy) is 1. The Morgan fingerprint density at radius 2 is 1.83 bits per heavy atom. The van der Waals surface area contributed by atoms with Crippen molar-refractivity contribution in [3.05, 3.63) is 65.0 Å². The van der Waals surface area contributed by atoms with Crippen LogP contribution in [0.25, 0.3) is 0 Å². The van der Waals surface area contributed by atoms with Crippen molar-refractivity contribution < 1.29 is 13.9 Å². The molecule has 2 rings (SSSR count). The van der Waals surface area contributed by atoms with Crippen molar-refractivity contribution in [2.24, 2.45) is 0 Å². The molecule has 0 aromatic heterocycles. The molecule has 2 aromatic rings. The van der Waals surface area contributed by atoms with E-state index in [1.165, 1.54) is 12.1 Å². The van der Waals surface area contributed by atoms with Gasteiger partial charge in [-0.25, -0.2) is 4.39 Å². The molecule has 0 aliphatic rings. The molecular weight excluding hydrogens is 305 g/mol. The first kappa shape index (κ1) is 18.0. The van der Waals surface area contributed by atoms with Crippen LogP contribution in [0.4, 0.5) is 4.39 Å². The average molecular weight is 329 g/mol. The Morgan fingerprint density at radius 1 is 1.17 bits per heavy atom. The third kappa shape index (κ3) is 4.57. The summed E-state index contributed by atoms with van der Waals surface area (Å²) in [4.78, 5) is 12.5. The molecular formula is C20H24FNO2. The van der Waals surface area contributed by atoms with Crippen molar-refractivity contribution in [1.29, 1.82) is 0 Å². The summed E-state index contributed by atoms with van der Waals surface area (Å²) in [6.07, 6.45) is 0.00394. The van der Waals surface area contributed by atoms with Crippen molar-refractivity contribution >= 4 is 5.91 Å². The molecule has 0 bridgehead atoms. The molecule has 128 valence electrons. The Balaban J connectivity index is 2.04. The lowest BCUT2D eigenvalue weighted by Gasteiger charge is -2.21. The fourth-order valence-electron chi connectivity index (χ4n) is 2.55. The molecule has 0 heterocycles. The van der Waals surface area contributed by atoms with Crippen LogP contribution in [-0.2, 0) is 4.79 Å². The summed E-state index contributed by atoms with van der Waals surface area (Å²) in [6.45, 7) is 7.77. The molecule has 0 aliphatic heterocycles. The van der Waals surface area contributed by atoms with Gasteiger partial charge in [0.05, 0.1) is 6.04 Å². The first-order valence-electron chi connectivity index (χ1n) is 8.20. The quantitative estimate of drug-likeness (QED) is 0.849. The van der Waals surface area contributed by atoms with E-state index in [0.29, 0.717) is 6.42 Å². The van der Waals surface area contributed by atoms with E-state index in [1.807, 2.05) is 45.9 Å². The Bertz CT molecular complexity index is 697. The van der Waals surface area contributed by atoms with Gasteiger partial charge in [0.25, 0.3) is 5.91 Å². The predicted molar refractivity (Wildman–Crippen MR) is 93.6 cm³/mol. The lowest BCUT2D eigenvalue weighted by molar-refractivity contribution is -0.128. The zero-order chi connectivity index (χ0) is 17.7. The molecule has 1 N–H and O–H groups in total. The van der Waals surface area contributed by atoms with Crippen LogP contribution >= 0.6 is 0 Å². The summed E-state index contributed by atoms with van der Waals surface area (Å²) in [6, 6.07) is 11.8. The molecule has 0 aliphatic carbocycles. The van der Waals surface area contributed by atoms with Crippen LogP contribution in [-0.4, -0.2) is 12.0 Å². The minimum atomic E-state index is -0.561. The summed E-state index contributed by atoms with van der Waals surface area (Å²) in [7, 11) is 0. The van der Waals surface area contributed by atoms with Crippen molar-refractivity contribution in [3.63, 3.8) is 0 Å². The lowest BCUT2D eigenvalue weighted by Crippen LogP contribution is -2.39. The minimum absolute atomic E-state index is 0.172. The molecule has 1 amide bonds. The molecule has 2 atom stereocenters. The van der Waals surface area contributed by atoms with E-state index in [1.54, 1.807) is 12.1 Å². The first-order valence-corrected chi connectivity index (χ1v) is 8.20. The van der Waals surface area contributed by atoms with Gasteiger partial charge in [0.2, 0.25) is 0 Å². The van der Waals surface area contributed by atoms with Crippen LogP contribution < -0.4 is 10.1 Å². The maximum Gasteiger partial charge on any atom is 0.261 e. The van der Waals surface area contributed by atoms with Crippen molar-refractivity contribution in [3.8, 4) is 5.75 Å². The molecule has 0 fully saturated rings. The van der Waals surface area contributed by atoms with E-state index in [4.69, 9.17) is 4.74 Å². The van der Waals surface area contributed by atoms with Gasteiger partial charge in [-0.1, -0.05) is 36.8 Å². The van der Waals surface area contributed by atoms with Gasteiger partial charge in [0, 0.05) is 0 Å². The second kappa shape index (κ2) is 7.95. The van der Waals surface area contributed by atoms with E-state index in [2.05, 4.69) is 5.32 Å². The minimum Gasteiger partial charge on any atom is -0.480 e. The zero-order valence-electron chi connectivity index (χ0n) is 14.6. The van der Waals surface area contributed by atoms with Crippen molar-refractivity contribution in [2.45, 2.75) is 46.3 Å². The molecule has 0 radical (unpaired) electrons. The largest absolute Gasteiger partial charge is 0.480 e. The average Bonchev–Trinajstić information content (AvgIpc) is 2.54. The summed E-state index contributed by atoms with van der Waals surface area (Å²) >= 11 is 0. The summed E-state index contributed by atoms with van der Waals surface area (Å²) in [5.74, 6) is 0.258. The van der Waals surface area contributed by atoms with Crippen LogP contribution in [0.1, 0.15) is 43.0 Å². The highest BCUT2D eigenvalue weighted by Gasteiger charge is 2.21. The highest BCUT2D eigenvalue weighted by atomic mass is 19.1. The SMILES string of the molecule is CC[C@H](Oc1ccc(C)cc1C)C(=O)N[C@@H](C)c1ccc(F)cc1. The second-order valence-corrected chi connectivity index (χ2v) is 6.07. The second-order valence-electron chi connectivity index (χ2n) is 6.07. The summed E-state index contributed by atoms with van der Waals surface area (Å²) < 4.78 is 18.9. The number of hydrogen-bond acceptors (Lipinski definition) is 2. The number of hydrogen-bond donors (Lipinski definition) is 1. The van der Waals surface area contributed by atoms with Gasteiger partial charge in [-0.2, -0.15) is 0 Å². The Kier molecular flexibility index (Phi) is 5.96. The van der Waals surface area contributed by atoms with E-state index in [0.717, 1.165) is 22.4 Å². The van der Waals surface area contributed by atoms with E-state index in [-0.39, 0.29) is 17.8 Å². The standard InChI is InChI=1S/C20H24FNO2/c1-5-18(24-19-11-6-13(2)12-14(19)3)20(23)22-15(4)16-7-9-17(21)10-8-16/h6-12,15,18H,5H2,1-4H3,(H,22,23)/t15-,18-/m0/s1. The smallest absolute Gasteiger partial charge is 0.261 e. The number of carbonyl (C=O) groups is 1.